The van der Waals surface area contributed by atoms with Crippen LogP contribution in [0.3, 0.4) is 0 Å². The molecule has 1 heterocycles. The fourth-order valence-corrected chi connectivity index (χ4v) is 3.78. The van der Waals surface area contributed by atoms with Gasteiger partial charge in [0.05, 0.1) is 12.1 Å². The molecule has 7 nitrogen and oxygen atoms in total. The Balaban J connectivity index is 1.55. The number of nitrogens with zero attached hydrogens (tertiary/aromatic N) is 1. The third kappa shape index (κ3) is 5.88. The molecule has 1 N–H and O–H groups in total. The minimum absolute atomic E-state index is 0.123. The molecule has 3 aromatic rings. The molecule has 0 spiro atoms. The molecule has 1 amide bonds. The van der Waals surface area contributed by atoms with E-state index in [-0.39, 0.29) is 17.5 Å². The van der Waals surface area contributed by atoms with E-state index in [1.807, 2.05) is 31.2 Å². The summed E-state index contributed by atoms with van der Waals surface area (Å²) in [5, 5.41) is 3.02. The number of hydrogen-bond donors (Lipinski definition) is 1. The summed E-state index contributed by atoms with van der Waals surface area (Å²) in [4.78, 5) is 27.9. The van der Waals surface area contributed by atoms with E-state index in [0.29, 0.717) is 39.9 Å². The average Bonchev–Trinajstić information content (AvgIpc) is 3.18. The molecule has 0 bridgehead atoms. The molecule has 0 radical (unpaired) electrons. The van der Waals surface area contributed by atoms with Gasteiger partial charge in [-0.25, -0.2) is 9.79 Å². The second-order valence-electron chi connectivity index (χ2n) is 7.91. The Labute approximate surface area is 208 Å². The highest BCUT2D eigenvalue weighted by Gasteiger charge is 2.24. The predicted molar refractivity (Wildman–Crippen MR) is 135 cm³/mol. The Morgan fingerprint density at radius 1 is 1.14 bits per heavy atom. The van der Waals surface area contributed by atoms with E-state index >= 15 is 0 Å². The van der Waals surface area contributed by atoms with Crippen LogP contribution in [0.15, 0.2) is 71.4 Å². The maximum atomic E-state index is 12.4. The Morgan fingerprint density at radius 3 is 2.60 bits per heavy atom. The largest absolute Gasteiger partial charge is 0.493 e. The number of amides is 1. The van der Waals surface area contributed by atoms with Crippen molar-refractivity contribution in [3.05, 3.63) is 93.6 Å². The number of carbonyl (C=O) groups is 2. The predicted octanol–water partition coefficient (Wildman–Crippen LogP) is 5.54. The van der Waals surface area contributed by atoms with Crippen molar-refractivity contribution in [2.45, 2.75) is 20.5 Å². The zero-order valence-corrected chi connectivity index (χ0v) is 20.2. The minimum atomic E-state index is -0.583. The Morgan fingerprint density at radius 2 is 1.91 bits per heavy atom. The van der Waals surface area contributed by atoms with Gasteiger partial charge >= 0.3 is 5.97 Å². The molecule has 1 aliphatic rings. The second kappa shape index (κ2) is 10.4. The molecule has 35 heavy (non-hydrogen) atoms. The highest BCUT2D eigenvalue weighted by atomic mass is 35.5. The number of benzene rings is 3. The fraction of sp³-hybridized carbons (Fsp3) is 0.148. The third-order valence-corrected chi connectivity index (χ3v) is 5.37. The molecule has 4 rings (SSSR count). The SMILES string of the molecule is COc1cc(/C=C2\N=C(c3ccc(NC(C)=O)cc3)OC2=O)cc(Cl)c1OCc1cccc(C)c1. The monoisotopic (exact) mass is 490 g/mol. The summed E-state index contributed by atoms with van der Waals surface area (Å²) in [6, 6.07) is 18.2. The lowest BCUT2D eigenvalue weighted by molar-refractivity contribution is -0.129. The standard InChI is InChI=1S/C27H23ClN2O5/c1-16-5-4-6-18(11-16)15-34-25-22(28)12-19(14-24(25)33-3)13-23-27(32)35-26(30-23)20-7-9-21(10-8-20)29-17(2)31/h4-14H,15H2,1-3H3,(H,29,31)/b23-13-. The Bertz CT molecular complexity index is 1350. The quantitative estimate of drug-likeness (QED) is 0.347. The molecule has 0 saturated heterocycles. The molecule has 0 atom stereocenters. The van der Waals surface area contributed by atoms with Gasteiger partial charge in [0.2, 0.25) is 11.8 Å². The van der Waals surface area contributed by atoms with Gasteiger partial charge in [0.1, 0.15) is 6.61 Å². The zero-order valence-electron chi connectivity index (χ0n) is 19.4. The molecule has 178 valence electrons. The first-order valence-electron chi connectivity index (χ1n) is 10.8. The van der Waals surface area contributed by atoms with Crippen LogP contribution < -0.4 is 14.8 Å². The Kier molecular flexibility index (Phi) is 7.17. The minimum Gasteiger partial charge on any atom is -0.493 e. The summed E-state index contributed by atoms with van der Waals surface area (Å²) in [5.74, 6) is 0.261. The number of hydrogen-bond acceptors (Lipinski definition) is 6. The lowest BCUT2D eigenvalue weighted by atomic mass is 10.1. The number of anilines is 1. The molecule has 1 aliphatic heterocycles. The third-order valence-electron chi connectivity index (χ3n) is 5.09. The van der Waals surface area contributed by atoms with Gasteiger partial charge in [-0.3, -0.25) is 4.79 Å². The van der Waals surface area contributed by atoms with Crippen LogP contribution >= 0.6 is 11.6 Å². The number of rotatable bonds is 7. The molecular weight excluding hydrogens is 468 g/mol. The summed E-state index contributed by atoms with van der Waals surface area (Å²) in [5.41, 5.74) is 4.11. The zero-order chi connectivity index (χ0) is 24.9. The van der Waals surface area contributed by atoms with Crippen LogP contribution in [-0.2, 0) is 20.9 Å². The van der Waals surface area contributed by atoms with Crippen molar-refractivity contribution in [2.75, 3.05) is 12.4 Å². The first-order valence-corrected chi connectivity index (χ1v) is 11.2. The lowest BCUT2D eigenvalue weighted by Gasteiger charge is -2.13. The van der Waals surface area contributed by atoms with Crippen molar-refractivity contribution in [1.82, 2.24) is 0 Å². The summed E-state index contributed by atoms with van der Waals surface area (Å²) in [7, 11) is 1.52. The first-order chi connectivity index (χ1) is 16.8. The number of nitrogens with one attached hydrogen (secondary N) is 1. The van der Waals surface area contributed by atoms with Crippen molar-refractivity contribution in [1.29, 1.82) is 0 Å². The molecule has 8 heteroatoms. The van der Waals surface area contributed by atoms with Gasteiger partial charge in [0.15, 0.2) is 17.2 Å². The second-order valence-corrected chi connectivity index (χ2v) is 8.31. The van der Waals surface area contributed by atoms with Gasteiger partial charge in [-0.2, -0.15) is 0 Å². The number of carbonyl (C=O) groups excluding carboxylic acids is 2. The molecule has 0 unspecified atom stereocenters. The summed E-state index contributed by atoms with van der Waals surface area (Å²) < 4.78 is 16.7. The maximum absolute atomic E-state index is 12.4. The van der Waals surface area contributed by atoms with Crippen molar-refractivity contribution < 1.29 is 23.8 Å². The average molecular weight is 491 g/mol. The van der Waals surface area contributed by atoms with Gasteiger partial charge in [-0.1, -0.05) is 41.4 Å². The van der Waals surface area contributed by atoms with Crippen molar-refractivity contribution in [3.63, 3.8) is 0 Å². The van der Waals surface area contributed by atoms with E-state index in [0.717, 1.165) is 11.1 Å². The maximum Gasteiger partial charge on any atom is 0.363 e. The summed E-state index contributed by atoms with van der Waals surface area (Å²) in [6.45, 7) is 3.78. The number of aliphatic imine (C=N–C) groups is 1. The number of ether oxygens (including phenoxy) is 3. The highest BCUT2D eigenvalue weighted by molar-refractivity contribution is 6.32. The van der Waals surface area contributed by atoms with E-state index in [1.54, 1.807) is 42.5 Å². The molecule has 0 aromatic heterocycles. The summed E-state index contributed by atoms with van der Waals surface area (Å²) >= 11 is 6.49. The van der Waals surface area contributed by atoms with Crippen LogP contribution in [0.2, 0.25) is 5.02 Å². The highest BCUT2D eigenvalue weighted by Crippen LogP contribution is 2.38. The normalized spacial score (nSPS) is 13.9. The number of aryl methyl sites for hydroxylation is 1. The fourth-order valence-electron chi connectivity index (χ4n) is 3.51. The van der Waals surface area contributed by atoms with E-state index in [4.69, 9.17) is 25.8 Å². The van der Waals surface area contributed by atoms with Crippen molar-refractivity contribution >= 4 is 41.1 Å². The van der Waals surface area contributed by atoms with Crippen molar-refractivity contribution in [3.8, 4) is 11.5 Å². The summed E-state index contributed by atoms with van der Waals surface area (Å²) in [6.07, 6.45) is 1.57. The number of cyclic esters (lactones) is 1. The van der Waals surface area contributed by atoms with E-state index < -0.39 is 5.97 Å². The molecule has 0 aliphatic carbocycles. The van der Waals surface area contributed by atoms with Gasteiger partial charge in [-0.15, -0.1) is 0 Å². The van der Waals surface area contributed by atoms with E-state index in [9.17, 15) is 9.59 Å². The van der Waals surface area contributed by atoms with Crippen LogP contribution in [0.4, 0.5) is 5.69 Å². The van der Waals surface area contributed by atoms with Crippen LogP contribution in [0.1, 0.15) is 29.2 Å². The number of esters is 1. The number of methoxy groups -OCH3 is 1. The van der Waals surface area contributed by atoms with Crippen molar-refractivity contribution in [2.24, 2.45) is 4.99 Å². The number of halogens is 1. The van der Waals surface area contributed by atoms with Gasteiger partial charge < -0.3 is 19.5 Å². The van der Waals surface area contributed by atoms with Crippen LogP contribution in [0.5, 0.6) is 11.5 Å². The first kappa shape index (κ1) is 24.0. The molecule has 3 aromatic carbocycles. The van der Waals surface area contributed by atoms with Crippen LogP contribution in [0, 0.1) is 6.92 Å². The van der Waals surface area contributed by atoms with Gasteiger partial charge in [0, 0.05) is 18.2 Å². The van der Waals surface area contributed by atoms with E-state index in [2.05, 4.69) is 10.3 Å². The Hall–Kier alpha value is -4.10. The molecule has 0 saturated carbocycles. The smallest absolute Gasteiger partial charge is 0.363 e. The van der Waals surface area contributed by atoms with Gasteiger partial charge in [-0.05, 0) is 60.5 Å². The van der Waals surface area contributed by atoms with Gasteiger partial charge in [0.25, 0.3) is 0 Å². The van der Waals surface area contributed by atoms with E-state index in [1.165, 1.54) is 14.0 Å². The molecular formula is C27H23ClN2O5. The topological polar surface area (TPSA) is 86.2 Å². The van der Waals surface area contributed by atoms with Crippen LogP contribution in [0.25, 0.3) is 6.08 Å². The lowest BCUT2D eigenvalue weighted by Crippen LogP contribution is -2.07. The molecule has 0 fully saturated rings. The van der Waals surface area contributed by atoms with Crippen LogP contribution in [-0.4, -0.2) is 24.9 Å².